The van der Waals surface area contributed by atoms with Gasteiger partial charge in [0, 0.05) is 13.2 Å². The van der Waals surface area contributed by atoms with Crippen molar-refractivity contribution in [3.63, 3.8) is 0 Å². The normalized spacial score (nSPS) is 68.5. The molecule has 134 valence electrons. The lowest BCUT2D eigenvalue weighted by Crippen LogP contribution is -2.35. The van der Waals surface area contributed by atoms with Crippen LogP contribution in [0.3, 0.4) is 0 Å². The Kier molecular flexibility index (Phi) is 2.97. The second-order valence-electron chi connectivity index (χ2n) is 9.93. The van der Waals surface area contributed by atoms with Gasteiger partial charge in [-0.2, -0.15) is 0 Å². The van der Waals surface area contributed by atoms with E-state index in [9.17, 15) is 20.4 Å². The van der Waals surface area contributed by atoms with Gasteiger partial charge in [-0.25, -0.2) is 0 Å². The van der Waals surface area contributed by atoms with Gasteiger partial charge in [0.2, 0.25) is 0 Å². The van der Waals surface area contributed by atoms with E-state index in [1.165, 1.54) is 0 Å². The average molecular weight is 334 g/mol. The summed E-state index contributed by atoms with van der Waals surface area (Å²) in [6.07, 6.45) is 3.61. The minimum atomic E-state index is -0.193. The van der Waals surface area contributed by atoms with Gasteiger partial charge >= 0.3 is 0 Å². The van der Waals surface area contributed by atoms with Crippen LogP contribution >= 0.6 is 0 Å². The summed E-state index contributed by atoms with van der Waals surface area (Å²) in [6.45, 7) is 0.502. The van der Waals surface area contributed by atoms with Gasteiger partial charge in [0.1, 0.15) is 0 Å². The van der Waals surface area contributed by atoms with Gasteiger partial charge in [-0.05, 0) is 96.7 Å². The van der Waals surface area contributed by atoms with Crippen LogP contribution in [-0.2, 0) is 0 Å². The number of aliphatic hydroxyl groups excluding tert-OH is 4. The maximum atomic E-state index is 10.7. The van der Waals surface area contributed by atoms with E-state index < -0.39 is 0 Å². The molecule has 0 saturated heterocycles. The first-order valence-corrected chi connectivity index (χ1v) is 10.3. The molecule has 0 unspecified atom stereocenters. The topological polar surface area (TPSA) is 80.9 Å². The molecule has 6 saturated carbocycles. The quantitative estimate of drug-likeness (QED) is 0.600. The summed E-state index contributed by atoms with van der Waals surface area (Å²) in [5.74, 6) is 5.66. The summed E-state index contributed by atoms with van der Waals surface area (Å²) in [5.41, 5.74) is 0. The second-order valence-corrected chi connectivity index (χ2v) is 9.93. The van der Waals surface area contributed by atoms with Crippen molar-refractivity contribution in [1.29, 1.82) is 0 Å². The zero-order chi connectivity index (χ0) is 16.3. The van der Waals surface area contributed by atoms with E-state index in [0.29, 0.717) is 71.0 Å². The molecule has 14 atom stereocenters. The molecule has 0 bridgehead atoms. The lowest BCUT2D eigenvalue weighted by molar-refractivity contribution is 0.0234. The predicted molar refractivity (Wildman–Crippen MR) is 86.5 cm³/mol. The van der Waals surface area contributed by atoms with Gasteiger partial charge in [-0.1, -0.05) is 0 Å². The van der Waals surface area contributed by atoms with Crippen LogP contribution in [0.15, 0.2) is 0 Å². The molecule has 0 spiro atoms. The number of aliphatic hydroxyl groups is 4. The summed E-state index contributed by atoms with van der Waals surface area (Å²) in [4.78, 5) is 0. The standard InChI is InChI=1S/C20H30O4/c21-5-9-13-7-1-3-11(23)15(7)17-10(6-22)14-8-2-4-12(24)16(8)18(9)20(14)19(13)17/h7-24H,1-6H2/t7-,8-,9-,10+,11-,12-,13+,14-,15+,16+,17+,18+,19-,20-/m0/s1. The molecular formula is C20H30O4. The highest BCUT2D eigenvalue weighted by Gasteiger charge is 2.77. The third-order valence-corrected chi connectivity index (χ3v) is 9.97. The molecular weight excluding hydrogens is 304 g/mol. The summed E-state index contributed by atoms with van der Waals surface area (Å²) in [7, 11) is 0. The molecule has 0 aliphatic heterocycles. The fourth-order valence-corrected chi connectivity index (χ4v) is 10.0. The van der Waals surface area contributed by atoms with Crippen molar-refractivity contribution in [2.75, 3.05) is 13.2 Å². The summed E-state index contributed by atoms with van der Waals surface area (Å²) >= 11 is 0. The molecule has 0 radical (unpaired) electrons. The molecule has 4 N–H and O–H groups in total. The largest absolute Gasteiger partial charge is 0.396 e. The average Bonchev–Trinajstić information content (AvgIpc) is 3.32. The Morgan fingerprint density at radius 2 is 0.917 bits per heavy atom. The summed E-state index contributed by atoms with van der Waals surface area (Å²) in [5, 5.41) is 41.9. The molecule has 6 fully saturated rings. The lowest BCUT2D eigenvalue weighted by Gasteiger charge is -2.34. The Morgan fingerprint density at radius 3 is 1.29 bits per heavy atom. The molecule has 0 amide bonds. The molecule has 0 aromatic rings. The van der Waals surface area contributed by atoms with E-state index >= 15 is 0 Å². The first kappa shape index (κ1) is 15.0. The molecule has 0 aromatic carbocycles. The van der Waals surface area contributed by atoms with Gasteiger partial charge < -0.3 is 20.4 Å². The number of fused-ring (bicyclic) bond motifs is 6. The Labute approximate surface area is 143 Å². The SMILES string of the molecule is OC[C@@H]1[C@@H]2[C@@H]3CC[C@H](O)[C@@H]3[C@H]3[C@@H](CO)[C@H]4[C@@H]5CC[C@H](O)[C@@H]5[C@@H]1[C@H]4[C@@H]23. The fourth-order valence-electron chi connectivity index (χ4n) is 10.0. The zero-order valence-corrected chi connectivity index (χ0v) is 14.1. The number of hydrogen-bond acceptors (Lipinski definition) is 4. The third kappa shape index (κ3) is 1.42. The third-order valence-electron chi connectivity index (χ3n) is 9.97. The molecule has 4 heteroatoms. The van der Waals surface area contributed by atoms with E-state index in [1.807, 2.05) is 0 Å². The smallest absolute Gasteiger partial charge is 0.0574 e. The van der Waals surface area contributed by atoms with Crippen molar-refractivity contribution in [2.24, 2.45) is 71.0 Å². The Balaban J connectivity index is 1.50. The van der Waals surface area contributed by atoms with Crippen molar-refractivity contribution >= 4 is 0 Å². The molecule has 24 heavy (non-hydrogen) atoms. The van der Waals surface area contributed by atoms with E-state index in [1.54, 1.807) is 0 Å². The molecule has 0 aromatic heterocycles. The summed E-state index contributed by atoms with van der Waals surface area (Å²) < 4.78 is 0. The highest BCUT2D eigenvalue weighted by atomic mass is 16.3. The van der Waals surface area contributed by atoms with Crippen LogP contribution in [0.1, 0.15) is 25.7 Å². The van der Waals surface area contributed by atoms with Crippen LogP contribution in [-0.4, -0.2) is 45.8 Å². The number of hydrogen-bond donors (Lipinski definition) is 4. The van der Waals surface area contributed by atoms with Gasteiger partial charge in [0.25, 0.3) is 0 Å². The summed E-state index contributed by atoms with van der Waals surface area (Å²) in [6, 6.07) is 0. The molecule has 6 aliphatic rings. The van der Waals surface area contributed by atoms with Crippen molar-refractivity contribution < 1.29 is 20.4 Å². The van der Waals surface area contributed by atoms with Gasteiger partial charge in [-0.15, -0.1) is 0 Å². The first-order chi connectivity index (χ1) is 11.7. The maximum Gasteiger partial charge on any atom is 0.0574 e. The van der Waals surface area contributed by atoms with Crippen LogP contribution in [0.5, 0.6) is 0 Å². The molecule has 6 rings (SSSR count). The fraction of sp³-hybridized carbons (Fsp3) is 1.00. The van der Waals surface area contributed by atoms with E-state index in [0.717, 1.165) is 25.7 Å². The van der Waals surface area contributed by atoms with E-state index in [-0.39, 0.29) is 25.4 Å². The van der Waals surface area contributed by atoms with Crippen molar-refractivity contribution in [2.45, 2.75) is 37.9 Å². The first-order valence-electron chi connectivity index (χ1n) is 10.3. The van der Waals surface area contributed by atoms with Crippen LogP contribution in [0.2, 0.25) is 0 Å². The van der Waals surface area contributed by atoms with Crippen molar-refractivity contribution in [3.8, 4) is 0 Å². The highest BCUT2D eigenvalue weighted by Crippen LogP contribution is 2.79. The van der Waals surface area contributed by atoms with Crippen LogP contribution in [0.4, 0.5) is 0 Å². The minimum absolute atomic E-state index is 0.193. The van der Waals surface area contributed by atoms with Crippen LogP contribution in [0.25, 0.3) is 0 Å². The predicted octanol–water partition coefficient (Wildman–Crippen LogP) is 0.729. The van der Waals surface area contributed by atoms with Gasteiger partial charge in [0.05, 0.1) is 12.2 Å². The van der Waals surface area contributed by atoms with Crippen molar-refractivity contribution in [1.82, 2.24) is 0 Å². The van der Waals surface area contributed by atoms with E-state index in [4.69, 9.17) is 0 Å². The number of rotatable bonds is 2. The maximum absolute atomic E-state index is 10.7. The Bertz CT molecular complexity index is 504. The molecule has 4 nitrogen and oxygen atoms in total. The van der Waals surface area contributed by atoms with E-state index in [2.05, 4.69) is 0 Å². The minimum Gasteiger partial charge on any atom is -0.396 e. The lowest BCUT2D eigenvalue weighted by atomic mass is 9.72. The van der Waals surface area contributed by atoms with Gasteiger partial charge in [0.15, 0.2) is 0 Å². The molecule has 6 aliphatic carbocycles. The van der Waals surface area contributed by atoms with Crippen LogP contribution in [0, 0.1) is 71.0 Å². The molecule has 0 heterocycles. The monoisotopic (exact) mass is 334 g/mol. The Hall–Kier alpha value is -0.160. The Morgan fingerprint density at radius 1 is 0.500 bits per heavy atom. The van der Waals surface area contributed by atoms with Crippen LogP contribution < -0.4 is 0 Å². The highest BCUT2D eigenvalue weighted by molar-refractivity contribution is 5.24. The van der Waals surface area contributed by atoms with Gasteiger partial charge in [-0.3, -0.25) is 0 Å². The van der Waals surface area contributed by atoms with Crippen molar-refractivity contribution in [3.05, 3.63) is 0 Å². The second kappa shape index (κ2) is 4.76. The zero-order valence-electron chi connectivity index (χ0n) is 14.1.